The summed E-state index contributed by atoms with van der Waals surface area (Å²) in [5, 5.41) is 0. The Labute approximate surface area is 685 Å². The van der Waals surface area contributed by atoms with Gasteiger partial charge in [0, 0.05) is 0 Å². The number of hydrogen-bond acceptors (Lipinski definition) is 4. The van der Waals surface area contributed by atoms with Gasteiger partial charge in [0.05, 0.1) is 138 Å². The lowest BCUT2D eigenvalue weighted by Crippen LogP contribution is -3.00. The SMILES string of the molecule is CCCCCCCCCCCCCCCC[N+](C)(C)C.CCCCCCCCCCCCCCCC[N+](C)(C)C.CCCCCCCCCCCCCCCC[N+](C)(C)C.CCCCCCCCCCCCCCCC[N+](C)(C)C.CCCCCCCCCCCCCCCC[N+](C)(C)C.[Br-].[O-][Si]([O-])([O-])[O-]. The van der Waals surface area contributed by atoms with Gasteiger partial charge in [0.1, 0.15) is 0 Å². The fourth-order valence-corrected chi connectivity index (χ4v) is 13.9. The van der Waals surface area contributed by atoms with Gasteiger partial charge in [-0.2, -0.15) is 0 Å². The predicted octanol–water partition coefficient (Wildman–Crippen LogP) is 22.7. The first-order valence-corrected chi connectivity index (χ1v) is 49.3. The van der Waals surface area contributed by atoms with E-state index >= 15 is 0 Å². The molecule has 0 atom stereocenters. The fraction of sp³-hybridized carbons (Fsp3) is 1.00. The van der Waals surface area contributed by atoms with Crippen molar-refractivity contribution in [3.8, 4) is 0 Å². The predicted molar refractivity (Wildman–Crippen MR) is 472 cm³/mol. The molecule has 106 heavy (non-hydrogen) atoms. The maximum absolute atomic E-state index is 8.58. The van der Waals surface area contributed by atoms with Crippen molar-refractivity contribution in [3.05, 3.63) is 0 Å². The summed E-state index contributed by atoms with van der Waals surface area (Å²) in [6.07, 6.45) is 102. The molecule has 0 saturated carbocycles. The monoisotopic (exact) mass is 1590 g/mol. The standard InChI is InChI=1S/5C19H42N.BrH.O4Si/c5*1-5-6-7-8-9-10-11-12-13-14-15-16-17-18-19-20(2,3)4;;1-5(2,3)4/h5*5-19H2,1-4H3;1H;/q5*+1;;-4/p-1. The molecule has 0 aliphatic rings. The molecular weight excluding hydrogens is 1380 g/mol. The van der Waals surface area contributed by atoms with Gasteiger partial charge in [-0.25, -0.2) is 0 Å². The van der Waals surface area contributed by atoms with Crippen LogP contribution in [0.4, 0.5) is 0 Å². The summed E-state index contributed by atoms with van der Waals surface area (Å²) in [5.74, 6) is 0. The summed E-state index contributed by atoms with van der Waals surface area (Å²) in [5.41, 5.74) is 0. The topological polar surface area (TPSA) is 92.2 Å². The van der Waals surface area contributed by atoms with Gasteiger partial charge >= 0.3 is 0 Å². The minimum absolute atomic E-state index is 0. The second-order valence-electron chi connectivity index (χ2n) is 38.6. The highest BCUT2D eigenvalue weighted by atomic mass is 79.9. The van der Waals surface area contributed by atoms with Crippen LogP contribution in [0.3, 0.4) is 0 Å². The Bertz CT molecular complexity index is 1270. The molecule has 0 heterocycles. The molecule has 650 valence electrons. The summed E-state index contributed by atoms with van der Waals surface area (Å²) >= 11 is 0. The van der Waals surface area contributed by atoms with Crippen LogP contribution in [0.15, 0.2) is 0 Å². The third-order valence-electron chi connectivity index (χ3n) is 20.9. The van der Waals surface area contributed by atoms with Crippen molar-refractivity contribution in [3.63, 3.8) is 0 Å². The van der Waals surface area contributed by atoms with Crippen LogP contribution in [-0.4, -0.2) is 170 Å². The first-order valence-electron chi connectivity index (χ1n) is 47.6. The first kappa shape index (κ1) is 120. The molecule has 0 amide bonds. The molecule has 0 radical (unpaired) electrons. The van der Waals surface area contributed by atoms with Gasteiger partial charge in [0.2, 0.25) is 0 Å². The summed E-state index contributed by atoms with van der Waals surface area (Å²) in [6, 6.07) is 0. The van der Waals surface area contributed by atoms with Crippen LogP contribution < -0.4 is 36.2 Å². The Balaban J connectivity index is -0.000000227. The van der Waals surface area contributed by atoms with E-state index in [1.165, 1.54) is 482 Å². The van der Waals surface area contributed by atoms with Crippen LogP contribution in [-0.2, 0) is 0 Å². The van der Waals surface area contributed by atoms with E-state index in [0.29, 0.717) is 0 Å². The molecule has 0 aliphatic carbocycles. The van der Waals surface area contributed by atoms with Crippen molar-refractivity contribution in [2.75, 3.05) is 138 Å². The van der Waals surface area contributed by atoms with E-state index in [9.17, 15) is 0 Å². The molecule has 0 fully saturated rings. The van der Waals surface area contributed by atoms with Crippen LogP contribution in [0.25, 0.3) is 0 Å². The van der Waals surface area contributed by atoms with Crippen molar-refractivity contribution in [2.45, 2.75) is 484 Å². The zero-order chi connectivity index (χ0) is 80.0. The first-order chi connectivity index (χ1) is 49.8. The molecule has 0 N–H and O–H groups in total. The normalized spacial score (nSPS) is 11.9. The van der Waals surface area contributed by atoms with E-state index in [0.717, 1.165) is 22.4 Å². The van der Waals surface area contributed by atoms with E-state index in [2.05, 4.69) is 140 Å². The Morgan fingerprint density at radius 1 is 0.132 bits per heavy atom. The lowest BCUT2D eigenvalue weighted by molar-refractivity contribution is -0.870. The summed E-state index contributed by atoms with van der Waals surface area (Å²) in [7, 11) is 28.8. The maximum Gasteiger partial charge on any atom is 0.0780 e. The number of quaternary nitrogens is 5. The summed E-state index contributed by atoms with van der Waals surface area (Å²) < 4.78 is 5.62. The number of nitrogens with zero attached hydrogens (tertiary/aromatic N) is 5. The van der Waals surface area contributed by atoms with E-state index in [1.54, 1.807) is 0 Å². The van der Waals surface area contributed by atoms with Crippen LogP contribution >= 0.6 is 0 Å². The Morgan fingerprint density at radius 2 is 0.189 bits per heavy atom. The average Bonchev–Trinajstić information content (AvgIpc) is 1.10. The molecular formula is C95H210BrN5O4Si. The largest absolute Gasteiger partial charge is 1.00 e. The van der Waals surface area contributed by atoms with Gasteiger partial charge in [-0.1, -0.05) is 420 Å². The van der Waals surface area contributed by atoms with Crippen molar-refractivity contribution in [2.24, 2.45) is 0 Å². The number of unbranched alkanes of at least 4 members (excludes halogenated alkanes) is 65. The third kappa shape index (κ3) is 153. The molecule has 9 nitrogen and oxygen atoms in total. The molecule has 0 rings (SSSR count). The van der Waals surface area contributed by atoms with Crippen molar-refractivity contribution < 1.29 is 58.6 Å². The average molecular weight is 1590 g/mol. The molecule has 0 aromatic carbocycles. The minimum Gasteiger partial charge on any atom is -1.00 e. The number of hydrogen-bond donors (Lipinski definition) is 0. The minimum atomic E-state index is -5.61. The molecule has 0 aromatic heterocycles. The number of rotatable bonds is 75. The highest BCUT2D eigenvalue weighted by molar-refractivity contribution is 6.38. The number of halogens is 1. The highest BCUT2D eigenvalue weighted by Crippen LogP contribution is 2.19. The Hall–Kier alpha value is 0.337. The van der Waals surface area contributed by atoms with E-state index < -0.39 is 9.05 Å². The second kappa shape index (κ2) is 92.5. The maximum atomic E-state index is 8.58. The molecule has 0 aromatic rings. The van der Waals surface area contributed by atoms with Gasteiger partial charge in [-0.05, 0) is 64.2 Å². The van der Waals surface area contributed by atoms with E-state index in [4.69, 9.17) is 19.2 Å². The van der Waals surface area contributed by atoms with Gasteiger partial charge in [-0.3, -0.25) is 0 Å². The second-order valence-corrected chi connectivity index (χ2v) is 39.6. The van der Waals surface area contributed by atoms with Crippen LogP contribution in [0.2, 0.25) is 0 Å². The zero-order valence-electron chi connectivity index (χ0n) is 77.8. The van der Waals surface area contributed by atoms with Crippen LogP contribution in [0.1, 0.15) is 484 Å². The third-order valence-corrected chi connectivity index (χ3v) is 20.9. The van der Waals surface area contributed by atoms with Crippen LogP contribution in [0, 0.1) is 0 Å². The van der Waals surface area contributed by atoms with Crippen molar-refractivity contribution in [1.29, 1.82) is 0 Å². The zero-order valence-corrected chi connectivity index (χ0v) is 80.4. The summed E-state index contributed by atoms with van der Waals surface area (Å²) in [4.78, 5) is 34.3. The lowest BCUT2D eigenvalue weighted by atomic mass is 10.0. The van der Waals surface area contributed by atoms with E-state index in [-0.39, 0.29) is 17.0 Å². The van der Waals surface area contributed by atoms with Gasteiger partial charge in [-0.15, -0.1) is 0 Å². The van der Waals surface area contributed by atoms with Crippen molar-refractivity contribution >= 4 is 9.05 Å². The Morgan fingerprint density at radius 3 is 0.245 bits per heavy atom. The van der Waals surface area contributed by atoms with Crippen LogP contribution in [0.5, 0.6) is 0 Å². The highest BCUT2D eigenvalue weighted by Gasteiger charge is 2.10. The smallest absolute Gasteiger partial charge is 0.0780 e. The summed E-state index contributed by atoms with van der Waals surface area (Å²) in [6.45, 7) is 18.1. The molecule has 11 heteroatoms. The molecule has 0 bridgehead atoms. The van der Waals surface area contributed by atoms with Crippen molar-refractivity contribution in [1.82, 2.24) is 0 Å². The molecule has 0 spiro atoms. The van der Waals surface area contributed by atoms with E-state index in [1.807, 2.05) is 0 Å². The molecule has 0 unspecified atom stereocenters. The molecule has 0 aliphatic heterocycles. The lowest BCUT2D eigenvalue weighted by Gasteiger charge is -2.67. The quantitative estimate of drug-likeness (QED) is 0.0345. The molecule has 0 saturated heterocycles. The van der Waals surface area contributed by atoms with Gasteiger partial charge in [0.15, 0.2) is 0 Å². The fourth-order valence-electron chi connectivity index (χ4n) is 13.9. The Kier molecular flexibility index (Phi) is 104. The van der Waals surface area contributed by atoms with Gasteiger partial charge < -0.3 is 67.6 Å². The van der Waals surface area contributed by atoms with Gasteiger partial charge in [0.25, 0.3) is 0 Å².